The van der Waals surface area contributed by atoms with Gasteiger partial charge in [0.25, 0.3) is 0 Å². The zero-order valence-corrected chi connectivity index (χ0v) is 11.8. The number of aliphatic hydroxyl groups is 1. The van der Waals surface area contributed by atoms with Crippen molar-refractivity contribution in [3.8, 4) is 0 Å². The van der Waals surface area contributed by atoms with Crippen molar-refractivity contribution in [1.29, 1.82) is 0 Å². The second-order valence-corrected chi connectivity index (χ2v) is 5.32. The standard InChI is InChI=1S/C15H21F3O2/c1-11(2)8-12-4-3-5-13(9-12)14(19)6-7-20-10-15(16,17)18/h3-5,9,11,14,19H,6-8,10H2,1-2H3. The fourth-order valence-corrected chi connectivity index (χ4v) is 1.95. The van der Waals surface area contributed by atoms with Crippen LogP contribution in [0.3, 0.4) is 0 Å². The third-order valence-corrected chi connectivity index (χ3v) is 2.78. The average molecular weight is 290 g/mol. The summed E-state index contributed by atoms with van der Waals surface area (Å²) in [7, 11) is 0. The summed E-state index contributed by atoms with van der Waals surface area (Å²) in [6.07, 6.45) is -4.05. The van der Waals surface area contributed by atoms with Gasteiger partial charge in [-0.15, -0.1) is 0 Å². The molecule has 1 N–H and O–H groups in total. The molecule has 0 fully saturated rings. The number of alkyl halides is 3. The molecule has 2 nitrogen and oxygen atoms in total. The number of aliphatic hydroxyl groups excluding tert-OH is 1. The molecule has 1 unspecified atom stereocenters. The molecule has 114 valence electrons. The first-order chi connectivity index (χ1) is 9.28. The third-order valence-electron chi connectivity index (χ3n) is 2.78. The molecule has 0 aliphatic carbocycles. The summed E-state index contributed by atoms with van der Waals surface area (Å²) in [4.78, 5) is 0. The Morgan fingerprint density at radius 3 is 2.55 bits per heavy atom. The summed E-state index contributed by atoms with van der Waals surface area (Å²) in [5.74, 6) is 0.512. The van der Waals surface area contributed by atoms with E-state index in [1.165, 1.54) is 0 Å². The van der Waals surface area contributed by atoms with Gasteiger partial charge in [-0.2, -0.15) is 13.2 Å². The van der Waals surface area contributed by atoms with Crippen molar-refractivity contribution >= 4 is 0 Å². The van der Waals surface area contributed by atoms with Gasteiger partial charge in [0.15, 0.2) is 0 Å². The summed E-state index contributed by atoms with van der Waals surface area (Å²) >= 11 is 0. The molecule has 0 spiro atoms. The van der Waals surface area contributed by atoms with Crippen molar-refractivity contribution in [2.24, 2.45) is 5.92 Å². The first-order valence-electron chi connectivity index (χ1n) is 6.69. The van der Waals surface area contributed by atoms with Crippen LogP contribution in [0.2, 0.25) is 0 Å². The topological polar surface area (TPSA) is 29.5 Å². The van der Waals surface area contributed by atoms with E-state index in [1.807, 2.05) is 18.2 Å². The Hall–Kier alpha value is -1.07. The highest BCUT2D eigenvalue weighted by molar-refractivity contribution is 5.25. The van der Waals surface area contributed by atoms with Crippen molar-refractivity contribution in [2.75, 3.05) is 13.2 Å². The van der Waals surface area contributed by atoms with Crippen LogP contribution >= 0.6 is 0 Å². The molecule has 1 aromatic carbocycles. The molecule has 0 saturated heterocycles. The van der Waals surface area contributed by atoms with Gasteiger partial charge >= 0.3 is 6.18 Å². The minimum Gasteiger partial charge on any atom is -0.388 e. The van der Waals surface area contributed by atoms with Gasteiger partial charge in [0.2, 0.25) is 0 Å². The SMILES string of the molecule is CC(C)Cc1cccc(C(O)CCOCC(F)(F)F)c1. The second kappa shape index (κ2) is 7.64. The van der Waals surface area contributed by atoms with E-state index in [-0.39, 0.29) is 13.0 Å². The van der Waals surface area contributed by atoms with Gasteiger partial charge in [-0.05, 0) is 23.5 Å². The van der Waals surface area contributed by atoms with Gasteiger partial charge in [0.05, 0.1) is 6.10 Å². The van der Waals surface area contributed by atoms with E-state index in [2.05, 4.69) is 18.6 Å². The number of rotatable bonds is 7. The Morgan fingerprint density at radius 1 is 1.25 bits per heavy atom. The van der Waals surface area contributed by atoms with Crippen LogP contribution in [0.15, 0.2) is 24.3 Å². The highest BCUT2D eigenvalue weighted by atomic mass is 19.4. The normalized spacial score (nSPS) is 13.8. The molecule has 5 heteroatoms. The maximum atomic E-state index is 11.9. The van der Waals surface area contributed by atoms with Crippen LogP contribution in [-0.2, 0) is 11.2 Å². The molecule has 1 rings (SSSR count). The van der Waals surface area contributed by atoms with Crippen molar-refractivity contribution in [3.05, 3.63) is 35.4 Å². The molecule has 0 amide bonds. The molecule has 0 bridgehead atoms. The summed E-state index contributed by atoms with van der Waals surface area (Å²) < 4.78 is 40.2. The minimum absolute atomic E-state index is 0.116. The van der Waals surface area contributed by atoms with Gasteiger partial charge in [-0.1, -0.05) is 38.1 Å². The lowest BCUT2D eigenvalue weighted by Crippen LogP contribution is -2.18. The van der Waals surface area contributed by atoms with Crippen LogP contribution in [0.1, 0.15) is 37.5 Å². The summed E-state index contributed by atoms with van der Waals surface area (Å²) in [6.45, 7) is 2.82. The van der Waals surface area contributed by atoms with E-state index in [0.29, 0.717) is 5.92 Å². The van der Waals surface area contributed by atoms with E-state index < -0.39 is 18.9 Å². The summed E-state index contributed by atoms with van der Waals surface area (Å²) in [5.41, 5.74) is 1.84. The average Bonchev–Trinajstić information content (AvgIpc) is 2.32. The first kappa shape index (κ1) is 17.0. The molecule has 1 aromatic rings. The zero-order chi connectivity index (χ0) is 15.2. The van der Waals surface area contributed by atoms with Gasteiger partial charge in [0, 0.05) is 13.0 Å². The minimum atomic E-state index is -4.32. The van der Waals surface area contributed by atoms with Gasteiger partial charge in [-0.3, -0.25) is 0 Å². The first-order valence-corrected chi connectivity index (χ1v) is 6.69. The van der Waals surface area contributed by atoms with Gasteiger partial charge in [0.1, 0.15) is 6.61 Å². The number of benzene rings is 1. The fourth-order valence-electron chi connectivity index (χ4n) is 1.95. The molecule has 0 radical (unpaired) electrons. The second-order valence-electron chi connectivity index (χ2n) is 5.32. The predicted molar refractivity (Wildman–Crippen MR) is 71.4 cm³/mol. The molecule has 1 atom stereocenters. The Labute approximate surface area is 117 Å². The largest absolute Gasteiger partial charge is 0.411 e. The third kappa shape index (κ3) is 6.91. The fraction of sp³-hybridized carbons (Fsp3) is 0.600. The number of ether oxygens (including phenoxy) is 1. The molecule has 0 aromatic heterocycles. The molecular weight excluding hydrogens is 269 g/mol. The van der Waals surface area contributed by atoms with Crippen LogP contribution < -0.4 is 0 Å². The summed E-state index contributed by atoms with van der Waals surface area (Å²) in [6, 6.07) is 7.51. The Kier molecular flexibility index (Phi) is 6.49. The lowest BCUT2D eigenvalue weighted by atomic mass is 9.98. The van der Waals surface area contributed by atoms with Crippen LogP contribution in [0.25, 0.3) is 0 Å². The number of hydrogen-bond donors (Lipinski definition) is 1. The monoisotopic (exact) mass is 290 g/mol. The maximum Gasteiger partial charge on any atom is 0.411 e. The molecule has 0 heterocycles. The van der Waals surface area contributed by atoms with Crippen LogP contribution in [-0.4, -0.2) is 24.5 Å². The maximum absolute atomic E-state index is 11.9. The van der Waals surface area contributed by atoms with E-state index >= 15 is 0 Å². The van der Waals surface area contributed by atoms with E-state index in [0.717, 1.165) is 17.5 Å². The number of hydrogen-bond acceptors (Lipinski definition) is 2. The van der Waals surface area contributed by atoms with Crippen molar-refractivity contribution in [1.82, 2.24) is 0 Å². The molecule has 20 heavy (non-hydrogen) atoms. The van der Waals surface area contributed by atoms with E-state index in [1.54, 1.807) is 6.07 Å². The molecule has 0 aliphatic rings. The van der Waals surface area contributed by atoms with Crippen molar-refractivity contribution in [2.45, 2.75) is 39.0 Å². The van der Waals surface area contributed by atoms with E-state index in [9.17, 15) is 18.3 Å². The van der Waals surface area contributed by atoms with Crippen LogP contribution in [0.4, 0.5) is 13.2 Å². The highest BCUT2D eigenvalue weighted by Gasteiger charge is 2.27. The Bertz CT molecular complexity index is 402. The smallest absolute Gasteiger partial charge is 0.388 e. The van der Waals surface area contributed by atoms with E-state index in [4.69, 9.17) is 0 Å². The van der Waals surface area contributed by atoms with Crippen molar-refractivity contribution < 1.29 is 23.0 Å². The molecular formula is C15H21F3O2. The lowest BCUT2D eigenvalue weighted by Gasteiger charge is -2.14. The predicted octanol–water partition coefficient (Wildman–Crippen LogP) is 3.89. The highest BCUT2D eigenvalue weighted by Crippen LogP contribution is 2.20. The van der Waals surface area contributed by atoms with Crippen LogP contribution in [0, 0.1) is 5.92 Å². The van der Waals surface area contributed by atoms with Gasteiger partial charge < -0.3 is 9.84 Å². The van der Waals surface area contributed by atoms with Crippen LogP contribution in [0.5, 0.6) is 0 Å². The molecule has 0 saturated carbocycles. The Morgan fingerprint density at radius 2 is 1.95 bits per heavy atom. The number of halogens is 3. The zero-order valence-electron chi connectivity index (χ0n) is 11.8. The lowest BCUT2D eigenvalue weighted by molar-refractivity contribution is -0.175. The quantitative estimate of drug-likeness (QED) is 0.772. The van der Waals surface area contributed by atoms with Crippen molar-refractivity contribution in [3.63, 3.8) is 0 Å². The molecule has 0 aliphatic heterocycles. The Balaban J connectivity index is 2.44. The van der Waals surface area contributed by atoms with Gasteiger partial charge in [-0.25, -0.2) is 0 Å². The summed E-state index contributed by atoms with van der Waals surface area (Å²) in [5, 5.41) is 9.95.